The molecule has 0 heterocycles. The summed E-state index contributed by atoms with van der Waals surface area (Å²) in [6.45, 7) is 4.48. The van der Waals surface area contributed by atoms with Crippen molar-refractivity contribution in [2.24, 2.45) is 0 Å². The topological polar surface area (TPSA) is 50.4 Å². The van der Waals surface area contributed by atoms with Crippen molar-refractivity contribution in [3.8, 4) is 5.75 Å². The number of hydrogen-bond acceptors (Lipinski definition) is 2. The highest BCUT2D eigenvalue weighted by molar-refractivity contribution is 5.74. The van der Waals surface area contributed by atoms with Crippen LogP contribution in [0.25, 0.3) is 0 Å². The van der Waals surface area contributed by atoms with Gasteiger partial charge in [-0.05, 0) is 38.0 Å². The van der Waals surface area contributed by atoms with Crippen LogP contribution in [0.1, 0.15) is 19.4 Å². The first-order chi connectivity index (χ1) is 8.11. The molecule has 4 heteroatoms. The summed E-state index contributed by atoms with van der Waals surface area (Å²) >= 11 is 0. The molecule has 0 atom stereocenters. The van der Waals surface area contributed by atoms with Crippen LogP contribution in [0.5, 0.6) is 5.75 Å². The second-order valence-corrected chi connectivity index (χ2v) is 4.16. The highest BCUT2D eigenvalue weighted by atomic mass is 16.5. The van der Waals surface area contributed by atoms with Crippen molar-refractivity contribution in [1.29, 1.82) is 0 Å². The molecular formula is C13H20N2O2. The van der Waals surface area contributed by atoms with Crippen LogP contribution in [0, 0.1) is 0 Å². The Morgan fingerprint density at radius 2 is 2.18 bits per heavy atom. The summed E-state index contributed by atoms with van der Waals surface area (Å²) in [5.41, 5.74) is 1.15. The van der Waals surface area contributed by atoms with E-state index in [1.165, 1.54) is 0 Å². The summed E-state index contributed by atoms with van der Waals surface area (Å²) in [5, 5.41) is 5.59. The van der Waals surface area contributed by atoms with Gasteiger partial charge in [-0.1, -0.05) is 12.1 Å². The van der Waals surface area contributed by atoms with E-state index < -0.39 is 0 Å². The van der Waals surface area contributed by atoms with Gasteiger partial charge in [-0.15, -0.1) is 0 Å². The molecule has 0 radical (unpaired) electrons. The van der Waals surface area contributed by atoms with E-state index >= 15 is 0 Å². The SMILES string of the molecule is COc1cccc(CCNC(=O)NC(C)C)c1. The number of ether oxygens (including phenoxy) is 1. The molecule has 0 aliphatic carbocycles. The van der Waals surface area contributed by atoms with Crippen molar-refractivity contribution >= 4 is 6.03 Å². The number of amides is 2. The van der Waals surface area contributed by atoms with Gasteiger partial charge in [0.05, 0.1) is 7.11 Å². The fourth-order valence-electron chi connectivity index (χ4n) is 1.46. The lowest BCUT2D eigenvalue weighted by Crippen LogP contribution is -2.40. The molecule has 0 bridgehead atoms. The highest BCUT2D eigenvalue weighted by Gasteiger charge is 2.01. The van der Waals surface area contributed by atoms with Gasteiger partial charge in [0.2, 0.25) is 0 Å². The Labute approximate surface area is 102 Å². The summed E-state index contributed by atoms with van der Waals surface area (Å²) in [7, 11) is 1.65. The largest absolute Gasteiger partial charge is 0.497 e. The second-order valence-electron chi connectivity index (χ2n) is 4.16. The quantitative estimate of drug-likeness (QED) is 0.821. The minimum Gasteiger partial charge on any atom is -0.497 e. The standard InChI is InChI=1S/C13H20N2O2/c1-10(2)15-13(16)14-8-7-11-5-4-6-12(9-11)17-3/h4-6,9-10H,7-8H2,1-3H3,(H2,14,15,16). The predicted molar refractivity (Wildman–Crippen MR) is 68.4 cm³/mol. The molecule has 0 aliphatic rings. The first-order valence-corrected chi connectivity index (χ1v) is 5.79. The maximum absolute atomic E-state index is 11.3. The summed E-state index contributed by atoms with van der Waals surface area (Å²) in [6, 6.07) is 7.88. The third kappa shape index (κ3) is 5.24. The van der Waals surface area contributed by atoms with Gasteiger partial charge < -0.3 is 15.4 Å². The van der Waals surface area contributed by atoms with Crippen LogP contribution in [0.2, 0.25) is 0 Å². The van der Waals surface area contributed by atoms with Crippen molar-refractivity contribution < 1.29 is 9.53 Å². The molecule has 1 aromatic rings. The molecule has 94 valence electrons. The van der Waals surface area contributed by atoms with E-state index in [4.69, 9.17) is 4.74 Å². The Balaban J connectivity index is 2.32. The van der Waals surface area contributed by atoms with Gasteiger partial charge in [0.1, 0.15) is 5.75 Å². The third-order valence-corrected chi connectivity index (χ3v) is 2.25. The number of carbonyl (C=O) groups is 1. The zero-order valence-electron chi connectivity index (χ0n) is 10.6. The number of hydrogen-bond donors (Lipinski definition) is 2. The fraction of sp³-hybridized carbons (Fsp3) is 0.462. The predicted octanol–water partition coefficient (Wildman–Crippen LogP) is 1.95. The van der Waals surface area contributed by atoms with Crippen LogP contribution in [0.4, 0.5) is 4.79 Å². The summed E-state index contributed by atoms with van der Waals surface area (Å²) < 4.78 is 5.14. The maximum Gasteiger partial charge on any atom is 0.314 e. The van der Waals surface area contributed by atoms with E-state index in [2.05, 4.69) is 10.6 Å². The summed E-state index contributed by atoms with van der Waals surface area (Å²) in [6.07, 6.45) is 0.794. The van der Waals surface area contributed by atoms with Crippen LogP contribution in [-0.4, -0.2) is 25.7 Å². The van der Waals surface area contributed by atoms with Gasteiger partial charge in [-0.2, -0.15) is 0 Å². The van der Waals surface area contributed by atoms with Crippen molar-refractivity contribution in [2.45, 2.75) is 26.3 Å². The minimum atomic E-state index is -0.122. The molecule has 1 rings (SSSR count). The molecule has 0 aromatic heterocycles. The van der Waals surface area contributed by atoms with Crippen LogP contribution < -0.4 is 15.4 Å². The third-order valence-electron chi connectivity index (χ3n) is 2.25. The number of urea groups is 1. The zero-order chi connectivity index (χ0) is 12.7. The van der Waals surface area contributed by atoms with Crippen LogP contribution >= 0.6 is 0 Å². The molecule has 17 heavy (non-hydrogen) atoms. The smallest absolute Gasteiger partial charge is 0.314 e. The Bertz CT molecular complexity index is 364. The molecule has 0 unspecified atom stereocenters. The molecule has 0 aliphatic heterocycles. The maximum atomic E-state index is 11.3. The van der Waals surface area contributed by atoms with Gasteiger partial charge in [-0.3, -0.25) is 0 Å². The first-order valence-electron chi connectivity index (χ1n) is 5.79. The molecular weight excluding hydrogens is 216 g/mol. The second kappa shape index (κ2) is 6.78. The Morgan fingerprint density at radius 3 is 2.82 bits per heavy atom. The van der Waals surface area contributed by atoms with Gasteiger partial charge in [0.25, 0.3) is 0 Å². The monoisotopic (exact) mass is 236 g/mol. The number of benzene rings is 1. The van der Waals surface area contributed by atoms with E-state index in [0.717, 1.165) is 17.7 Å². The van der Waals surface area contributed by atoms with Crippen LogP contribution in [0.3, 0.4) is 0 Å². The van der Waals surface area contributed by atoms with Crippen molar-refractivity contribution in [3.05, 3.63) is 29.8 Å². The van der Waals surface area contributed by atoms with E-state index in [1.807, 2.05) is 38.1 Å². The fourth-order valence-corrected chi connectivity index (χ4v) is 1.46. The van der Waals surface area contributed by atoms with Crippen molar-refractivity contribution in [3.63, 3.8) is 0 Å². The number of rotatable bonds is 5. The normalized spacial score (nSPS) is 10.1. The molecule has 1 aromatic carbocycles. The lowest BCUT2D eigenvalue weighted by molar-refractivity contribution is 0.238. The lowest BCUT2D eigenvalue weighted by atomic mass is 10.1. The zero-order valence-corrected chi connectivity index (χ0v) is 10.6. The molecule has 0 spiro atoms. The molecule has 2 N–H and O–H groups in total. The summed E-state index contributed by atoms with van der Waals surface area (Å²) in [4.78, 5) is 11.3. The molecule has 2 amide bonds. The first kappa shape index (κ1) is 13.4. The molecule has 4 nitrogen and oxygen atoms in total. The summed E-state index contributed by atoms with van der Waals surface area (Å²) in [5.74, 6) is 0.842. The lowest BCUT2D eigenvalue weighted by Gasteiger charge is -2.10. The molecule has 0 saturated heterocycles. The van der Waals surface area contributed by atoms with Gasteiger partial charge in [-0.25, -0.2) is 4.79 Å². The number of methoxy groups -OCH3 is 1. The van der Waals surface area contributed by atoms with E-state index in [1.54, 1.807) is 7.11 Å². The van der Waals surface area contributed by atoms with Crippen molar-refractivity contribution in [1.82, 2.24) is 10.6 Å². The van der Waals surface area contributed by atoms with Gasteiger partial charge in [0, 0.05) is 12.6 Å². The molecule has 0 saturated carbocycles. The van der Waals surface area contributed by atoms with E-state index in [-0.39, 0.29) is 12.1 Å². The van der Waals surface area contributed by atoms with E-state index in [0.29, 0.717) is 6.54 Å². The number of nitrogens with one attached hydrogen (secondary N) is 2. The average molecular weight is 236 g/mol. The number of carbonyl (C=O) groups excluding carboxylic acids is 1. The molecule has 0 fully saturated rings. The Kier molecular flexibility index (Phi) is 5.33. The Morgan fingerprint density at radius 1 is 1.41 bits per heavy atom. The average Bonchev–Trinajstić information content (AvgIpc) is 2.28. The van der Waals surface area contributed by atoms with E-state index in [9.17, 15) is 4.79 Å². The van der Waals surface area contributed by atoms with Gasteiger partial charge >= 0.3 is 6.03 Å². The van der Waals surface area contributed by atoms with Crippen LogP contribution in [-0.2, 0) is 6.42 Å². The Hall–Kier alpha value is -1.71. The van der Waals surface area contributed by atoms with Crippen LogP contribution in [0.15, 0.2) is 24.3 Å². The highest BCUT2D eigenvalue weighted by Crippen LogP contribution is 2.12. The van der Waals surface area contributed by atoms with Gasteiger partial charge in [0.15, 0.2) is 0 Å². The minimum absolute atomic E-state index is 0.122. The van der Waals surface area contributed by atoms with Crippen molar-refractivity contribution in [2.75, 3.05) is 13.7 Å².